The minimum atomic E-state index is -0.408. The molecule has 0 bridgehead atoms. The number of hydrogen-bond donors (Lipinski definition) is 1. The van der Waals surface area contributed by atoms with Gasteiger partial charge in [0.15, 0.2) is 18.9 Å². The molecule has 1 aliphatic carbocycles. The molecule has 1 N–H and O–H groups in total. The van der Waals surface area contributed by atoms with Crippen LogP contribution < -0.4 is 31.6 Å². The van der Waals surface area contributed by atoms with E-state index in [1.54, 1.807) is 0 Å². The summed E-state index contributed by atoms with van der Waals surface area (Å²) in [5.74, 6) is 0.918. The second-order valence-electron chi connectivity index (χ2n) is 10.8. The lowest BCUT2D eigenvalue weighted by Crippen LogP contribution is -3.00. The number of rotatable bonds is 19. The fourth-order valence-electron chi connectivity index (χ4n) is 5.12. The van der Waals surface area contributed by atoms with Gasteiger partial charge in [-0.3, -0.25) is 4.79 Å². The Labute approximate surface area is 247 Å². The number of benzene rings is 1. The number of amides is 1. The first kappa shape index (κ1) is 32.8. The molecule has 1 heterocycles. The van der Waals surface area contributed by atoms with Crippen LogP contribution in [-0.2, 0) is 17.8 Å². The average molecular weight is 598 g/mol. The third-order valence-corrected chi connectivity index (χ3v) is 7.33. The summed E-state index contributed by atoms with van der Waals surface area (Å²) in [6.07, 6.45) is 29.7. The first-order valence-electron chi connectivity index (χ1n) is 15.0. The van der Waals surface area contributed by atoms with E-state index in [9.17, 15) is 4.79 Å². The quantitative estimate of drug-likeness (QED) is 0.189. The van der Waals surface area contributed by atoms with Crippen molar-refractivity contribution in [1.82, 2.24) is 5.32 Å². The molecule has 0 fully saturated rings. The van der Waals surface area contributed by atoms with E-state index in [0.717, 1.165) is 30.8 Å². The van der Waals surface area contributed by atoms with Gasteiger partial charge in [-0.15, -0.1) is 0 Å². The third-order valence-electron chi connectivity index (χ3n) is 7.33. The van der Waals surface area contributed by atoms with Crippen LogP contribution in [0.15, 0.2) is 79.2 Å². The van der Waals surface area contributed by atoms with E-state index in [0.29, 0.717) is 13.0 Å². The molecule has 1 aromatic carbocycles. The van der Waals surface area contributed by atoms with Gasteiger partial charge in [0.05, 0.1) is 13.0 Å². The summed E-state index contributed by atoms with van der Waals surface area (Å²) >= 11 is 0. The number of nitrogens with one attached hydrogen (secondary N) is 1. The molecular weight excluding hydrogens is 548 g/mol. The van der Waals surface area contributed by atoms with Gasteiger partial charge in [-0.25, -0.2) is 4.57 Å². The van der Waals surface area contributed by atoms with Crippen molar-refractivity contribution in [3.05, 3.63) is 84.7 Å². The fraction of sp³-hybridized carbons (Fsp3) is 0.529. The molecule has 0 aliphatic heterocycles. The Morgan fingerprint density at radius 1 is 0.846 bits per heavy atom. The second-order valence-corrected chi connectivity index (χ2v) is 10.8. The molecule has 1 amide bonds. The number of aromatic nitrogens is 1. The number of carbonyl (C=O) groups excluding carboxylic acids is 1. The average Bonchev–Trinajstić information content (AvgIpc) is 2.93. The van der Waals surface area contributed by atoms with E-state index in [2.05, 4.69) is 29.0 Å². The molecule has 3 rings (SSSR count). The highest BCUT2D eigenvalue weighted by Gasteiger charge is 2.33. The van der Waals surface area contributed by atoms with E-state index >= 15 is 0 Å². The van der Waals surface area contributed by atoms with Crippen molar-refractivity contribution in [2.75, 3.05) is 6.61 Å². The van der Waals surface area contributed by atoms with Crippen LogP contribution in [0, 0.1) is 0 Å². The molecule has 214 valence electrons. The van der Waals surface area contributed by atoms with Crippen LogP contribution in [0.5, 0.6) is 5.75 Å². The lowest BCUT2D eigenvalue weighted by molar-refractivity contribution is -0.703. The Hall–Kier alpha value is -2.40. The number of nitrogens with zero attached hydrogens (tertiary/aromatic N) is 1. The van der Waals surface area contributed by atoms with Crippen LogP contribution in [0.4, 0.5) is 0 Å². The molecule has 39 heavy (non-hydrogen) atoms. The predicted molar refractivity (Wildman–Crippen MR) is 157 cm³/mol. The standard InChI is InChI=1S/C34H48N2O2.BrH/c1-2-3-4-5-6-7-8-9-10-11-12-19-28-38-32-22-20-31(21-23-32)29-33(37)35-34(24-15-13-16-25-34)30-36-26-17-14-18-27-36;/h13-18,20-24,26-27H,2-12,19,25,28-30H2,1H3;1H. The monoisotopic (exact) mass is 596 g/mol. The topological polar surface area (TPSA) is 42.2 Å². The number of carbonyl (C=O) groups is 1. The van der Waals surface area contributed by atoms with Crippen LogP contribution in [0.25, 0.3) is 0 Å². The largest absolute Gasteiger partial charge is 1.00 e. The number of ether oxygens (including phenoxy) is 1. The lowest BCUT2D eigenvalue weighted by Gasteiger charge is -2.29. The van der Waals surface area contributed by atoms with Crippen LogP contribution in [0.1, 0.15) is 96.0 Å². The molecule has 0 saturated carbocycles. The van der Waals surface area contributed by atoms with E-state index in [4.69, 9.17) is 4.74 Å². The van der Waals surface area contributed by atoms with E-state index < -0.39 is 5.54 Å². The summed E-state index contributed by atoms with van der Waals surface area (Å²) in [5.41, 5.74) is 0.591. The Morgan fingerprint density at radius 3 is 2.05 bits per heavy atom. The maximum absolute atomic E-state index is 13.0. The number of hydrogen-bond acceptors (Lipinski definition) is 2. The molecule has 1 atom stereocenters. The number of halogens is 1. The van der Waals surface area contributed by atoms with E-state index in [1.165, 1.54) is 70.6 Å². The van der Waals surface area contributed by atoms with Gasteiger partial charge >= 0.3 is 0 Å². The van der Waals surface area contributed by atoms with E-state index in [-0.39, 0.29) is 22.9 Å². The minimum Gasteiger partial charge on any atom is -1.00 e. The van der Waals surface area contributed by atoms with Crippen LogP contribution in [0.3, 0.4) is 0 Å². The molecule has 0 spiro atoms. The molecule has 1 unspecified atom stereocenters. The van der Waals surface area contributed by atoms with Crippen LogP contribution >= 0.6 is 0 Å². The Kier molecular flexibility index (Phi) is 16.5. The fourth-order valence-corrected chi connectivity index (χ4v) is 5.12. The zero-order valence-corrected chi connectivity index (χ0v) is 25.5. The Balaban J connectivity index is 0.00000533. The smallest absolute Gasteiger partial charge is 0.225 e. The molecule has 1 aromatic heterocycles. The normalized spacial score (nSPS) is 16.0. The molecule has 5 heteroatoms. The van der Waals surface area contributed by atoms with Crippen molar-refractivity contribution < 1.29 is 31.1 Å². The number of allylic oxidation sites excluding steroid dienone is 2. The van der Waals surface area contributed by atoms with Crippen molar-refractivity contribution in [3.8, 4) is 5.75 Å². The van der Waals surface area contributed by atoms with E-state index in [1.807, 2.05) is 67.0 Å². The molecule has 0 radical (unpaired) electrons. The van der Waals surface area contributed by atoms with Gasteiger partial charge in [-0.2, -0.15) is 0 Å². The zero-order valence-electron chi connectivity index (χ0n) is 24.0. The SMILES string of the molecule is CCCCCCCCCCCCCCOc1ccc(CC(=O)NC2(C[n+]3ccccc3)C=CC=CC2)cc1.[Br-]. The molecule has 1 aliphatic rings. The molecular formula is C34H49BrN2O2. The summed E-state index contributed by atoms with van der Waals surface area (Å²) < 4.78 is 8.06. The zero-order chi connectivity index (χ0) is 26.7. The van der Waals surface area contributed by atoms with Crippen molar-refractivity contribution in [2.45, 2.75) is 109 Å². The highest BCUT2D eigenvalue weighted by molar-refractivity contribution is 5.79. The highest BCUT2D eigenvalue weighted by atomic mass is 79.9. The van der Waals surface area contributed by atoms with Gasteiger partial charge in [-0.05, 0) is 30.5 Å². The number of unbranched alkanes of at least 4 members (excludes halogenated alkanes) is 11. The maximum atomic E-state index is 13.0. The highest BCUT2D eigenvalue weighted by Crippen LogP contribution is 2.20. The third kappa shape index (κ3) is 13.5. The maximum Gasteiger partial charge on any atom is 0.225 e. The van der Waals surface area contributed by atoms with Gasteiger partial charge in [0.1, 0.15) is 11.3 Å². The van der Waals surface area contributed by atoms with Crippen LogP contribution in [-0.4, -0.2) is 18.1 Å². The predicted octanol–water partition coefficient (Wildman–Crippen LogP) is 4.67. The van der Waals surface area contributed by atoms with Gasteiger partial charge in [0.2, 0.25) is 5.91 Å². The number of pyridine rings is 1. The molecule has 4 nitrogen and oxygen atoms in total. The summed E-state index contributed by atoms with van der Waals surface area (Å²) in [5, 5.41) is 3.29. The minimum absolute atomic E-state index is 0. The summed E-state index contributed by atoms with van der Waals surface area (Å²) in [6, 6.07) is 14.0. The van der Waals surface area contributed by atoms with Crippen molar-refractivity contribution in [1.29, 1.82) is 0 Å². The first-order valence-corrected chi connectivity index (χ1v) is 15.0. The van der Waals surface area contributed by atoms with Crippen LogP contribution in [0.2, 0.25) is 0 Å². The van der Waals surface area contributed by atoms with Crippen molar-refractivity contribution in [3.63, 3.8) is 0 Å². The van der Waals surface area contributed by atoms with Gasteiger partial charge in [0, 0.05) is 12.1 Å². The summed E-state index contributed by atoms with van der Waals surface area (Å²) in [4.78, 5) is 13.0. The molecule has 2 aromatic rings. The van der Waals surface area contributed by atoms with Gasteiger partial charge in [0.25, 0.3) is 0 Å². The van der Waals surface area contributed by atoms with Gasteiger partial charge in [-0.1, -0.05) is 120 Å². The first-order chi connectivity index (χ1) is 18.7. The Morgan fingerprint density at radius 2 is 1.46 bits per heavy atom. The van der Waals surface area contributed by atoms with Crippen molar-refractivity contribution in [2.24, 2.45) is 0 Å². The van der Waals surface area contributed by atoms with Crippen molar-refractivity contribution >= 4 is 5.91 Å². The second kappa shape index (κ2) is 19.6. The lowest BCUT2D eigenvalue weighted by atomic mass is 9.90. The Bertz CT molecular complexity index is 974. The summed E-state index contributed by atoms with van der Waals surface area (Å²) in [6.45, 7) is 3.74. The summed E-state index contributed by atoms with van der Waals surface area (Å²) in [7, 11) is 0. The molecule has 0 saturated heterocycles. The van der Waals surface area contributed by atoms with Gasteiger partial charge < -0.3 is 27.0 Å².